The number of hydrogen-bond donors (Lipinski definition) is 1. The third kappa shape index (κ3) is 3.28. The lowest BCUT2D eigenvalue weighted by atomic mass is 10.0. The first-order valence-electron chi connectivity index (χ1n) is 6.58. The normalized spacial score (nSPS) is 12.0. The SMILES string of the molecule is COc1ccccc1NC(C)c1cc(C)cc(C)c1. The van der Waals surface area contributed by atoms with E-state index in [0.29, 0.717) is 0 Å². The highest BCUT2D eigenvalue weighted by molar-refractivity contribution is 5.57. The quantitative estimate of drug-likeness (QED) is 0.869. The van der Waals surface area contributed by atoms with Crippen molar-refractivity contribution in [2.45, 2.75) is 26.8 Å². The minimum Gasteiger partial charge on any atom is -0.495 e. The minimum atomic E-state index is 0.245. The first-order valence-corrected chi connectivity index (χ1v) is 6.58. The molecule has 2 heteroatoms. The first kappa shape index (κ1) is 13.5. The van der Waals surface area contributed by atoms with E-state index >= 15 is 0 Å². The maximum atomic E-state index is 5.37. The average Bonchev–Trinajstić information content (AvgIpc) is 2.38. The van der Waals surface area contributed by atoms with Crippen LogP contribution >= 0.6 is 0 Å². The molecular weight excluding hydrogens is 234 g/mol. The van der Waals surface area contributed by atoms with Gasteiger partial charge in [0, 0.05) is 6.04 Å². The van der Waals surface area contributed by atoms with Crippen molar-refractivity contribution in [3.63, 3.8) is 0 Å². The molecule has 0 bridgehead atoms. The van der Waals surface area contributed by atoms with E-state index in [-0.39, 0.29) is 6.04 Å². The van der Waals surface area contributed by atoms with Crippen LogP contribution in [0.5, 0.6) is 5.75 Å². The van der Waals surface area contributed by atoms with E-state index in [1.165, 1.54) is 16.7 Å². The standard InChI is InChI=1S/C17H21NO/c1-12-9-13(2)11-15(10-12)14(3)18-16-7-5-6-8-17(16)19-4/h5-11,14,18H,1-4H3. The summed E-state index contributed by atoms with van der Waals surface area (Å²) in [6, 6.07) is 14.9. The monoisotopic (exact) mass is 255 g/mol. The van der Waals surface area contributed by atoms with Crippen LogP contribution in [-0.2, 0) is 0 Å². The van der Waals surface area contributed by atoms with Crippen LogP contribution < -0.4 is 10.1 Å². The number of benzene rings is 2. The number of nitrogens with one attached hydrogen (secondary N) is 1. The van der Waals surface area contributed by atoms with Gasteiger partial charge in [-0.05, 0) is 38.5 Å². The van der Waals surface area contributed by atoms with Crippen LogP contribution in [0.25, 0.3) is 0 Å². The molecule has 2 rings (SSSR count). The van der Waals surface area contributed by atoms with E-state index in [1.807, 2.05) is 24.3 Å². The van der Waals surface area contributed by atoms with Crippen molar-refractivity contribution in [1.82, 2.24) is 0 Å². The van der Waals surface area contributed by atoms with Crippen LogP contribution in [0.4, 0.5) is 5.69 Å². The third-order valence-electron chi connectivity index (χ3n) is 3.22. The fourth-order valence-corrected chi connectivity index (χ4v) is 2.34. The van der Waals surface area contributed by atoms with E-state index in [4.69, 9.17) is 4.74 Å². The van der Waals surface area contributed by atoms with Gasteiger partial charge in [0.15, 0.2) is 0 Å². The van der Waals surface area contributed by atoms with E-state index in [9.17, 15) is 0 Å². The number of methoxy groups -OCH3 is 1. The van der Waals surface area contributed by atoms with E-state index in [0.717, 1.165) is 11.4 Å². The van der Waals surface area contributed by atoms with Gasteiger partial charge in [-0.3, -0.25) is 0 Å². The highest BCUT2D eigenvalue weighted by Gasteiger charge is 2.09. The lowest BCUT2D eigenvalue weighted by Crippen LogP contribution is -2.08. The molecule has 1 atom stereocenters. The van der Waals surface area contributed by atoms with Crippen molar-refractivity contribution in [2.75, 3.05) is 12.4 Å². The summed E-state index contributed by atoms with van der Waals surface area (Å²) in [5, 5.41) is 3.51. The number of hydrogen-bond acceptors (Lipinski definition) is 2. The van der Waals surface area contributed by atoms with Crippen molar-refractivity contribution in [1.29, 1.82) is 0 Å². The molecule has 0 saturated carbocycles. The van der Waals surface area contributed by atoms with Gasteiger partial charge in [-0.15, -0.1) is 0 Å². The number of rotatable bonds is 4. The van der Waals surface area contributed by atoms with Crippen molar-refractivity contribution >= 4 is 5.69 Å². The highest BCUT2D eigenvalue weighted by Crippen LogP contribution is 2.28. The molecule has 0 aliphatic rings. The molecule has 1 unspecified atom stereocenters. The van der Waals surface area contributed by atoms with Crippen molar-refractivity contribution in [3.05, 3.63) is 59.2 Å². The van der Waals surface area contributed by atoms with Crippen LogP contribution in [0, 0.1) is 13.8 Å². The van der Waals surface area contributed by atoms with Crippen LogP contribution in [0.15, 0.2) is 42.5 Å². The Bertz CT molecular complexity index is 543. The number of ether oxygens (including phenoxy) is 1. The first-order chi connectivity index (χ1) is 9.10. The second kappa shape index (κ2) is 5.79. The van der Waals surface area contributed by atoms with Gasteiger partial charge in [-0.1, -0.05) is 41.5 Å². The fourth-order valence-electron chi connectivity index (χ4n) is 2.34. The molecule has 0 fully saturated rings. The summed E-state index contributed by atoms with van der Waals surface area (Å²) in [5.74, 6) is 0.874. The molecule has 0 saturated heterocycles. The molecule has 2 nitrogen and oxygen atoms in total. The van der Waals surface area contributed by atoms with Gasteiger partial charge in [0.2, 0.25) is 0 Å². The van der Waals surface area contributed by atoms with Crippen LogP contribution in [0.2, 0.25) is 0 Å². The zero-order chi connectivity index (χ0) is 13.8. The average molecular weight is 255 g/mol. The summed E-state index contributed by atoms with van der Waals surface area (Å²) < 4.78 is 5.37. The summed E-state index contributed by atoms with van der Waals surface area (Å²) in [5.41, 5.74) is 4.91. The topological polar surface area (TPSA) is 21.3 Å². The van der Waals surface area contributed by atoms with Gasteiger partial charge in [-0.25, -0.2) is 0 Å². The van der Waals surface area contributed by atoms with E-state index in [2.05, 4.69) is 44.3 Å². The molecule has 0 radical (unpaired) electrons. The summed E-state index contributed by atoms with van der Waals surface area (Å²) in [4.78, 5) is 0. The Morgan fingerprint density at radius 2 is 1.63 bits per heavy atom. The third-order valence-corrected chi connectivity index (χ3v) is 3.22. The van der Waals surface area contributed by atoms with Gasteiger partial charge in [0.1, 0.15) is 5.75 Å². The van der Waals surface area contributed by atoms with Gasteiger partial charge < -0.3 is 10.1 Å². The largest absolute Gasteiger partial charge is 0.495 e. The highest BCUT2D eigenvalue weighted by atomic mass is 16.5. The van der Waals surface area contributed by atoms with Crippen LogP contribution in [0.3, 0.4) is 0 Å². The Kier molecular flexibility index (Phi) is 4.10. The molecule has 0 aliphatic carbocycles. The zero-order valence-electron chi connectivity index (χ0n) is 12.0. The molecule has 100 valence electrons. The summed E-state index contributed by atoms with van der Waals surface area (Å²) in [6.07, 6.45) is 0. The Morgan fingerprint density at radius 3 is 2.26 bits per heavy atom. The Balaban J connectivity index is 2.22. The van der Waals surface area contributed by atoms with Gasteiger partial charge in [0.05, 0.1) is 12.8 Å². The number of para-hydroxylation sites is 2. The van der Waals surface area contributed by atoms with Gasteiger partial charge >= 0.3 is 0 Å². The molecule has 1 N–H and O–H groups in total. The van der Waals surface area contributed by atoms with Gasteiger partial charge in [0.25, 0.3) is 0 Å². The van der Waals surface area contributed by atoms with Crippen LogP contribution in [-0.4, -0.2) is 7.11 Å². The molecular formula is C17H21NO. The molecule has 0 spiro atoms. The molecule has 0 heterocycles. The summed E-state index contributed by atoms with van der Waals surface area (Å²) in [7, 11) is 1.70. The smallest absolute Gasteiger partial charge is 0.141 e. The van der Waals surface area contributed by atoms with Crippen molar-refractivity contribution < 1.29 is 4.74 Å². The minimum absolute atomic E-state index is 0.245. The Labute approximate surface area is 115 Å². The molecule has 0 aliphatic heterocycles. The van der Waals surface area contributed by atoms with E-state index in [1.54, 1.807) is 7.11 Å². The maximum absolute atomic E-state index is 5.37. The molecule has 2 aromatic carbocycles. The number of aryl methyl sites for hydroxylation is 2. The Morgan fingerprint density at radius 1 is 1.00 bits per heavy atom. The van der Waals surface area contributed by atoms with Crippen molar-refractivity contribution in [2.24, 2.45) is 0 Å². The molecule has 0 amide bonds. The molecule has 2 aromatic rings. The van der Waals surface area contributed by atoms with Crippen LogP contribution in [0.1, 0.15) is 29.7 Å². The maximum Gasteiger partial charge on any atom is 0.141 e. The van der Waals surface area contributed by atoms with Crippen molar-refractivity contribution in [3.8, 4) is 5.75 Å². The summed E-state index contributed by atoms with van der Waals surface area (Å²) >= 11 is 0. The lowest BCUT2D eigenvalue weighted by Gasteiger charge is -2.18. The molecule has 0 aromatic heterocycles. The second-order valence-electron chi connectivity index (χ2n) is 4.99. The van der Waals surface area contributed by atoms with E-state index < -0.39 is 0 Å². The lowest BCUT2D eigenvalue weighted by molar-refractivity contribution is 0.416. The zero-order valence-corrected chi connectivity index (χ0v) is 12.0. The Hall–Kier alpha value is -1.96. The second-order valence-corrected chi connectivity index (χ2v) is 4.99. The van der Waals surface area contributed by atoms with Gasteiger partial charge in [-0.2, -0.15) is 0 Å². The predicted octanol–water partition coefficient (Wildman–Crippen LogP) is 4.49. The fraction of sp³-hybridized carbons (Fsp3) is 0.294. The molecule has 19 heavy (non-hydrogen) atoms. The predicted molar refractivity (Wildman–Crippen MR) is 80.9 cm³/mol. The number of anilines is 1. The summed E-state index contributed by atoms with van der Waals surface area (Å²) in [6.45, 7) is 6.43.